The molecule has 0 aromatic rings. The molecule has 146 valence electrons. The molecule has 3 saturated carbocycles. The molecular formula is C23H37NO2. The van der Waals surface area contributed by atoms with E-state index < -0.39 is 0 Å². The first kappa shape index (κ1) is 18.7. The van der Waals surface area contributed by atoms with Crippen molar-refractivity contribution in [2.45, 2.75) is 77.5 Å². The number of rotatable bonds is 1. The highest BCUT2D eigenvalue weighted by molar-refractivity contribution is 5.32. The van der Waals surface area contributed by atoms with Gasteiger partial charge in [-0.2, -0.15) is 0 Å². The van der Waals surface area contributed by atoms with Crippen molar-refractivity contribution in [2.75, 3.05) is 14.1 Å². The third-order valence-corrected chi connectivity index (χ3v) is 8.99. The van der Waals surface area contributed by atoms with E-state index in [0.717, 1.165) is 25.7 Å². The van der Waals surface area contributed by atoms with Crippen LogP contribution in [0.2, 0.25) is 0 Å². The molecule has 8 atom stereocenters. The van der Waals surface area contributed by atoms with Crippen molar-refractivity contribution < 1.29 is 10.2 Å². The fourth-order valence-electron chi connectivity index (χ4n) is 7.60. The molecule has 4 aliphatic carbocycles. The van der Waals surface area contributed by atoms with E-state index in [-0.39, 0.29) is 29.1 Å². The van der Waals surface area contributed by atoms with Crippen molar-refractivity contribution in [3.8, 4) is 0 Å². The molecule has 3 fully saturated rings. The Morgan fingerprint density at radius 1 is 1.15 bits per heavy atom. The average Bonchev–Trinajstić information content (AvgIpc) is 2.83. The lowest BCUT2D eigenvalue weighted by molar-refractivity contribution is -0.0572. The van der Waals surface area contributed by atoms with E-state index >= 15 is 0 Å². The summed E-state index contributed by atoms with van der Waals surface area (Å²) in [7, 11) is 4.18. The zero-order valence-corrected chi connectivity index (χ0v) is 17.2. The summed E-state index contributed by atoms with van der Waals surface area (Å²) >= 11 is 0. The van der Waals surface area contributed by atoms with Crippen LogP contribution in [0.25, 0.3) is 0 Å². The van der Waals surface area contributed by atoms with E-state index in [4.69, 9.17) is 0 Å². The molecule has 0 spiro atoms. The maximum Gasteiger partial charge on any atom is 0.0758 e. The number of nitrogens with zero attached hydrogens (tertiary/aromatic N) is 1. The van der Waals surface area contributed by atoms with Gasteiger partial charge in [0.05, 0.1) is 12.2 Å². The second-order valence-corrected chi connectivity index (χ2v) is 10.2. The fraction of sp³-hybridized carbons (Fsp3) is 0.826. The molecule has 2 N–H and O–H groups in total. The van der Waals surface area contributed by atoms with Gasteiger partial charge in [0, 0.05) is 6.04 Å². The van der Waals surface area contributed by atoms with Gasteiger partial charge in [0.15, 0.2) is 0 Å². The van der Waals surface area contributed by atoms with Crippen molar-refractivity contribution in [3.05, 3.63) is 23.3 Å². The van der Waals surface area contributed by atoms with Gasteiger partial charge in [-0.1, -0.05) is 31.6 Å². The molecule has 0 amide bonds. The Labute approximate surface area is 159 Å². The molecule has 0 saturated heterocycles. The normalized spacial score (nSPS) is 52.5. The molecule has 0 aromatic carbocycles. The number of likely N-dealkylation sites (N-methyl/N-ethyl adjacent to an activating group) is 1. The number of hydrogen-bond donors (Lipinski definition) is 2. The lowest BCUT2D eigenvalue weighted by atomic mass is 9.47. The van der Waals surface area contributed by atoms with Gasteiger partial charge in [-0.3, -0.25) is 0 Å². The van der Waals surface area contributed by atoms with Crippen LogP contribution in [0.4, 0.5) is 0 Å². The molecule has 0 aromatic heterocycles. The van der Waals surface area contributed by atoms with E-state index in [1.54, 1.807) is 5.57 Å². The highest BCUT2D eigenvalue weighted by atomic mass is 16.3. The van der Waals surface area contributed by atoms with E-state index in [1.165, 1.54) is 18.4 Å². The van der Waals surface area contributed by atoms with Crippen molar-refractivity contribution in [1.82, 2.24) is 4.90 Å². The first-order valence-corrected chi connectivity index (χ1v) is 10.6. The predicted octanol–water partition coefficient (Wildman–Crippen LogP) is 3.77. The molecule has 26 heavy (non-hydrogen) atoms. The molecule has 3 nitrogen and oxygen atoms in total. The standard InChI is InChI=1S/C23H37NO2/c1-6-16-20(25)12-18-15-8-7-14-11-19(24(4)5)21(26)13-23(14,3)17(15)9-10-22(16,18)2/h6-7,15,17-21,25-26H,8-13H2,1-5H3/b16-6+/t15-,17+,18-,19+,20-,21-,22-,23-/m1/s1. The minimum absolute atomic E-state index is 0.139. The monoisotopic (exact) mass is 359 g/mol. The van der Waals surface area contributed by atoms with Gasteiger partial charge in [0.1, 0.15) is 0 Å². The molecule has 0 bridgehead atoms. The van der Waals surface area contributed by atoms with Crippen LogP contribution in [0.5, 0.6) is 0 Å². The Kier molecular flexibility index (Phi) is 4.45. The van der Waals surface area contributed by atoms with Crippen molar-refractivity contribution in [3.63, 3.8) is 0 Å². The minimum Gasteiger partial charge on any atom is -0.391 e. The molecule has 0 aliphatic heterocycles. The highest BCUT2D eigenvalue weighted by Gasteiger charge is 2.59. The van der Waals surface area contributed by atoms with Gasteiger partial charge in [-0.25, -0.2) is 0 Å². The van der Waals surface area contributed by atoms with Crippen LogP contribution in [-0.2, 0) is 0 Å². The summed E-state index contributed by atoms with van der Waals surface area (Å²) in [6.07, 6.45) is 10.6. The third-order valence-electron chi connectivity index (χ3n) is 8.99. The van der Waals surface area contributed by atoms with Crippen LogP contribution in [0, 0.1) is 28.6 Å². The predicted molar refractivity (Wildman–Crippen MR) is 106 cm³/mol. The smallest absolute Gasteiger partial charge is 0.0758 e. The van der Waals surface area contributed by atoms with Gasteiger partial charge >= 0.3 is 0 Å². The van der Waals surface area contributed by atoms with Gasteiger partial charge in [-0.05, 0) is 93.7 Å². The molecule has 3 heteroatoms. The zero-order chi connectivity index (χ0) is 18.9. The summed E-state index contributed by atoms with van der Waals surface area (Å²) in [5, 5.41) is 21.6. The summed E-state index contributed by atoms with van der Waals surface area (Å²) in [5.74, 6) is 1.89. The Balaban J connectivity index is 1.67. The maximum atomic E-state index is 10.9. The van der Waals surface area contributed by atoms with Gasteiger partial charge in [0.25, 0.3) is 0 Å². The van der Waals surface area contributed by atoms with Crippen molar-refractivity contribution in [1.29, 1.82) is 0 Å². The zero-order valence-electron chi connectivity index (χ0n) is 17.2. The first-order valence-electron chi connectivity index (χ1n) is 10.6. The third kappa shape index (κ3) is 2.43. The summed E-state index contributed by atoms with van der Waals surface area (Å²) in [4.78, 5) is 2.20. The van der Waals surface area contributed by atoms with E-state index in [1.807, 2.05) is 0 Å². The molecule has 0 unspecified atom stereocenters. The first-order chi connectivity index (χ1) is 12.2. The molecule has 0 radical (unpaired) electrons. The lowest BCUT2D eigenvalue weighted by Gasteiger charge is -2.58. The van der Waals surface area contributed by atoms with Crippen LogP contribution >= 0.6 is 0 Å². The highest BCUT2D eigenvalue weighted by Crippen LogP contribution is 2.66. The lowest BCUT2D eigenvalue weighted by Crippen LogP contribution is -2.54. The summed E-state index contributed by atoms with van der Waals surface area (Å²) in [5.41, 5.74) is 3.20. The van der Waals surface area contributed by atoms with Crippen molar-refractivity contribution in [2.24, 2.45) is 28.6 Å². The second-order valence-electron chi connectivity index (χ2n) is 10.2. The van der Waals surface area contributed by atoms with Crippen LogP contribution < -0.4 is 0 Å². The van der Waals surface area contributed by atoms with Gasteiger partial charge in [0.2, 0.25) is 0 Å². The van der Waals surface area contributed by atoms with Crippen LogP contribution in [0.1, 0.15) is 59.3 Å². The van der Waals surface area contributed by atoms with E-state index in [0.29, 0.717) is 17.8 Å². The molecule has 0 heterocycles. The van der Waals surface area contributed by atoms with Crippen molar-refractivity contribution >= 4 is 0 Å². The number of allylic oxidation sites excluding steroid dienone is 2. The quantitative estimate of drug-likeness (QED) is 0.701. The fourth-order valence-corrected chi connectivity index (χ4v) is 7.60. The number of hydrogen-bond acceptors (Lipinski definition) is 3. The molecule has 4 aliphatic rings. The van der Waals surface area contributed by atoms with Crippen LogP contribution in [0.3, 0.4) is 0 Å². The number of aliphatic hydroxyl groups excluding tert-OH is 2. The minimum atomic E-state index is -0.248. The van der Waals surface area contributed by atoms with E-state index in [9.17, 15) is 10.2 Å². The Bertz CT molecular complexity index is 638. The topological polar surface area (TPSA) is 43.7 Å². The number of aliphatic hydroxyl groups is 2. The van der Waals surface area contributed by atoms with Gasteiger partial charge in [-0.15, -0.1) is 0 Å². The van der Waals surface area contributed by atoms with Crippen LogP contribution in [0.15, 0.2) is 23.3 Å². The SMILES string of the molecule is C/C=C1\[C@H](O)C[C@@H]2[C@@H]3CC=C4C[C@H](N(C)C)[C@H](O)C[C@@]4(C)[C@H]3CC[C@]12C. The maximum absolute atomic E-state index is 10.9. The van der Waals surface area contributed by atoms with Gasteiger partial charge < -0.3 is 15.1 Å². The Hall–Kier alpha value is -0.640. The van der Waals surface area contributed by atoms with Crippen LogP contribution in [-0.4, -0.2) is 47.5 Å². The summed E-state index contributed by atoms with van der Waals surface area (Å²) in [6, 6.07) is 0.252. The second kappa shape index (κ2) is 6.18. The molecular weight excluding hydrogens is 322 g/mol. The summed E-state index contributed by atoms with van der Waals surface area (Å²) in [6.45, 7) is 6.92. The summed E-state index contributed by atoms with van der Waals surface area (Å²) < 4.78 is 0. The van der Waals surface area contributed by atoms with E-state index in [2.05, 4.69) is 51.9 Å². The number of fused-ring (bicyclic) bond motifs is 5. The Morgan fingerprint density at radius 2 is 1.88 bits per heavy atom. The molecule has 4 rings (SSSR count). The average molecular weight is 360 g/mol. The largest absolute Gasteiger partial charge is 0.391 e. The Morgan fingerprint density at radius 3 is 2.54 bits per heavy atom.